The lowest BCUT2D eigenvalue weighted by molar-refractivity contribution is -0.0108. The first-order valence-corrected chi connectivity index (χ1v) is 7.78. The van der Waals surface area contributed by atoms with Gasteiger partial charge in [0.1, 0.15) is 5.60 Å². The Morgan fingerprint density at radius 3 is 2.63 bits per heavy atom. The summed E-state index contributed by atoms with van der Waals surface area (Å²) < 4.78 is 5.75. The number of thioether (sulfide) groups is 1. The van der Waals surface area contributed by atoms with Gasteiger partial charge in [-0.25, -0.2) is 4.79 Å². The van der Waals surface area contributed by atoms with Crippen LogP contribution in [0.5, 0.6) is 0 Å². The summed E-state index contributed by atoms with van der Waals surface area (Å²) in [6, 6.07) is 7.43. The summed E-state index contributed by atoms with van der Waals surface area (Å²) in [6.45, 7) is 0.692. The van der Waals surface area contributed by atoms with Crippen molar-refractivity contribution in [1.29, 1.82) is 0 Å². The van der Waals surface area contributed by atoms with Crippen molar-refractivity contribution in [3.05, 3.63) is 24.3 Å². The Labute approximate surface area is 117 Å². The second-order valence-corrected chi connectivity index (χ2v) is 6.35. The van der Waals surface area contributed by atoms with Crippen LogP contribution in [0.15, 0.2) is 24.3 Å². The third-order valence-corrected chi connectivity index (χ3v) is 4.93. The Morgan fingerprint density at radius 2 is 1.95 bits per heavy atom. The van der Waals surface area contributed by atoms with Crippen molar-refractivity contribution >= 4 is 29.2 Å². The molecule has 19 heavy (non-hydrogen) atoms. The number of amides is 1. The van der Waals surface area contributed by atoms with Crippen LogP contribution < -0.4 is 10.6 Å². The van der Waals surface area contributed by atoms with E-state index in [0.29, 0.717) is 12.2 Å². The molecule has 3 rings (SSSR count). The fourth-order valence-corrected chi connectivity index (χ4v) is 3.98. The number of rotatable bonds is 1. The van der Waals surface area contributed by atoms with Crippen LogP contribution in [0.1, 0.15) is 19.3 Å². The number of hydrogen-bond acceptors (Lipinski definition) is 4. The molecular weight excluding hydrogens is 260 g/mol. The number of carbonyl (C=O) groups excluding carboxylic acids is 1. The first-order chi connectivity index (χ1) is 9.20. The lowest BCUT2D eigenvalue weighted by Crippen LogP contribution is -2.51. The molecule has 2 aliphatic heterocycles. The van der Waals surface area contributed by atoms with Crippen molar-refractivity contribution in [2.75, 3.05) is 28.7 Å². The number of ether oxygens (including phenoxy) is 1. The molecule has 0 saturated carbocycles. The number of para-hydroxylation sites is 2. The SMILES string of the molecule is Nc1ccccc1N1CCC2(CCSCC2)OC1=O. The quantitative estimate of drug-likeness (QED) is 0.803. The molecule has 2 fully saturated rings. The van der Waals surface area contributed by atoms with Crippen molar-refractivity contribution in [3.8, 4) is 0 Å². The van der Waals surface area contributed by atoms with E-state index >= 15 is 0 Å². The predicted octanol–water partition coefficient (Wildman–Crippen LogP) is 2.88. The van der Waals surface area contributed by atoms with Gasteiger partial charge in [-0.15, -0.1) is 0 Å². The number of carbonyl (C=O) groups is 1. The maximum absolute atomic E-state index is 12.3. The summed E-state index contributed by atoms with van der Waals surface area (Å²) in [6.07, 6.45) is 2.59. The highest BCUT2D eigenvalue weighted by atomic mass is 32.2. The topological polar surface area (TPSA) is 55.6 Å². The van der Waals surface area contributed by atoms with E-state index in [1.54, 1.807) is 4.90 Å². The van der Waals surface area contributed by atoms with Crippen LogP contribution in [0.25, 0.3) is 0 Å². The molecule has 0 aliphatic carbocycles. The first kappa shape index (κ1) is 12.7. The minimum Gasteiger partial charge on any atom is -0.442 e. The molecular formula is C14H18N2O2S. The van der Waals surface area contributed by atoms with Crippen LogP contribution in [0.3, 0.4) is 0 Å². The molecule has 2 aliphatic rings. The largest absolute Gasteiger partial charge is 0.442 e. The van der Waals surface area contributed by atoms with Crippen molar-refractivity contribution in [2.24, 2.45) is 0 Å². The molecule has 2 saturated heterocycles. The zero-order valence-corrected chi connectivity index (χ0v) is 11.6. The zero-order chi connectivity index (χ0) is 13.3. The summed E-state index contributed by atoms with van der Waals surface area (Å²) in [5, 5.41) is 0. The van der Waals surface area contributed by atoms with Gasteiger partial charge < -0.3 is 10.5 Å². The standard InChI is InChI=1S/C14H18N2O2S/c15-11-3-1-2-4-12(11)16-8-5-14(18-13(16)17)6-9-19-10-7-14/h1-4H,5-10,15H2. The second kappa shape index (κ2) is 4.96. The van der Waals surface area contributed by atoms with E-state index in [0.717, 1.165) is 36.5 Å². The molecule has 0 bridgehead atoms. The summed E-state index contributed by atoms with van der Waals surface area (Å²) in [5.74, 6) is 2.17. The second-order valence-electron chi connectivity index (χ2n) is 5.12. The fourth-order valence-electron chi connectivity index (χ4n) is 2.75. The van der Waals surface area contributed by atoms with Gasteiger partial charge in [0, 0.05) is 13.0 Å². The number of hydrogen-bond donors (Lipinski definition) is 1. The molecule has 0 radical (unpaired) electrons. The number of anilines is 2. The van der Waals surface area contributed by atoms with Crippen LogP contribution in [0, 0.1) is 0 Å². The number of nitrogens with two attached hydrogens (primary N) is 1. The minimum atomic E-state index is -0.254. The number of nitrogen functional groups attached to an aromatic ring is 1. The molecule has 5 heteroatoms. The van der Waals surface area contributed by atoms with Gasteiger partial charge in [-0.1, -0.05) is 12.1 Å². The lowest BCUT2D eigenvalue weighted by Gasteiger charge is -2.43. The molecule has 1 aromatic carbocycles. The molecule has 1 amide bonds. The third kappa shape index (κ3) is 2.39. The smallest absolute Gasteiger partial charge is 0.414 e. The fraction of sp³-hybridized carbons (Fsp3) is 0.500. The Hall–Kier alpha value is -1.36. The van der Waals surface area contributed by atoms with E-state index in [-0.39, 0.29) is 11.7 Å². The van der Waals surface area contributed by atoms with Crippen LogP contribution >= 0.6 is 11.8 Å². The predicted molar refractivity (Wildman–Crippen MR) is 78.6 cm³/mol. The summed E-state index contributed by atoms with van der Waals surface area (Å²) in [4.78, 5) is 13.9. The van der Waals surface area contributed by atoms with Gasteiger partial charge in [-0.2, -0.15) is 11.8 Å². The average Bonchev–Trinajstić information content (AvgIpc) is 2.41. The van der Waals surface area contributed by atoms with Crippen molar-refractivity contribution in [3.63, 3.8) is 0 Å². The summed E-state index contributed by atoms with van der Waals surface area (Å²) >= 11 is 1.94. The Balaban J connectivity index is 1.78. The first-order valence-electron chi connectivity index (χ1n) is 6.63. The van der Waals surface area contributed by atoms with Gasteiger partial charge in [0.2, 0.25) is 0 Å². The molecule has 4 nitrogen and oxygen atoms in total. The van der Waals surface area contributed by atoms with Gasteiger partial charge in [-0.3, -0.25) is 4.90 Å². The Kier molecular flexibility index (Phi) is 3.31. The lowest BCUT2D eigenvalue weighted by atomic mass is 9.91. The molecule has 1 spiro atoms. The maximum atomic E-state index is 12.3. The summed E-state index contributed by atoms with van der Waals surface area (Å²) in [5.41, 5.74) is 7.09. The van der Waals surface area contributed by atoms with Crippen LogP contribution in [0.2, 0.25) is 0 Å². The van der Waals surface area contributed by atoms with Crippen molar-refractivity contribution in [1.82, 2.24) is 0 Å². The molecule has 0 unspecified atom stereocenters. The van der Waals surface area contributed by atoms with Crippen molar-refractivity contribution < 1.29 is 9.53 Å². The van der Waals surface area contributed by atoms with Gasteiger partial charge in [-0.05, 0) is 36.5 Å². The average molecular weight is 278 g/mol. The maximum Gasteiger partial charge on any atom is 0.414 e. The van der Waals surface area contributed by atoms with Gasteiger partial charge in [0.15, 0.2) is 0 Å². The third-order valence-electron chi connectivity index (χ3n) is 3.95. The highest BCUT2D eigenvalue weighted by Crippen LogP contribution is 2.38. The van der Waals surface area contributed by atoms with Crippen LogP contribution in [0.4, 0.5) is 16.2 Å². The van der Waals surface area contributed by atoms with E-state index in [1.807, 2.05) is 36.0 Å². The Morgan fingerprint density at radius 1 is 1.21 bits per heavy atom. The zero-order valence-electron chi connectivity index (χ0n) is 10.8. The van der Waals surface area contributed by atoms with Gasteiger partial charge in [0.25, 0.3) is 0 Å². The normalized spacial score (nSPS) is 22.3. The highest BCUT2D eigenvalue weighted by Gasteiger charge is 2.42. The molecule has 1 aromatic rings. The molecule has 102 valence electrons. The van der Waals surface area contributed by atoms with E-state index < -0.39 is 0 Å². The van der Waals surface area contributed by atoms with Crippen molar-refractivity contribution in [2.45, 2.75) is 24.9 Å². The molecule has 2 heterocycles. The number of nitrogens with zero attached hydrogens (tertiary/aromatic N) is 1. The van der Waals surface area contributed by atoms with E-state index in [4.69, 9.17) is 10.5 Å². The van der Waals surface area contributed by atoms with Crippen LogP contribution in [-0.4, -0.2) is 29.7 Å². The minimum absolute atomic E-state index is 0.220. The molecule has 0 aromatic heterocycles. The van der Waals surface area contributed by atoms with Crippen LogP contribution in [-0.2, 0) is 4.74 Å². The molecule has 0 atom stereocenters. The Bertz CT molecular complexity index is 486. The number of benzene rings is 1. The van der Waals surface area contributed by atoms with E-state index in [1.165, 1.54) is 0 Å². The van der Waals surface area contributed by atoms with Gasteiger partial charge >= 0.3 is 6.09 Å². The van der Waals surface area contributed by atoms with E-state index in [2.05, 4.69) is 0 Å². The molecule has 2 N–H and O–H groups in total. The highest BCUT2D eigenvalue weighted by molar-refractivity contribution is 7.99. The monoisotopic (exact) mass is 278 g/mol. The van der Waals surface area contributed by atoms with E-state index in [9.17, 15) is 4.79 Å². The summed E-state index contributed by atoms with van der Waals surface area (Å²) in [7, 11) is 0. The van der Waals surface area contributed by atoms with Gasteiger partial charge in [0.05, 0.1) is 11.4 Å².